The molecular weight excluding hydrogens is 268 g/mol. The molecule has 21 heavy (non-hydrogen) atoms. The smallest absolute Gasteiger partial charge is 0.311 e. The summed E-state index contributed by atoms with van der Waals surface area (Å²) in [5, 5.41) is 14.6. The van der Waals surface area contributed by atoms with Crippen LogP contribution in [0.25, 0.3) is 0 Å². The second-order valence-corrected chi connectivity index (χ2v) is 6.21. The Morgan fingerprint density at radius 1 is 1.38 bits per heavy atom. The van der Waals surface area contributed by atoms with Crippen molar-refractivity contribution in [3.63, 3.8) is 0 Å². The predicted octanol–water partition coefficient (Wildman–Crippen LogP) is 3.98. The highest BCUT2D eigenvalue weighted by atomic mass is 16.6. The van der Waals surface area contributed by atoms with Gasteiger partial charge in [-0.25, -0.2) is 0 Å². The largest absolute Gasteiger partial charge is 0.487 e. The van der Waals surface area contributed by atoms with Gasteiger partial charge in [-0.1, -0.05) is 13.3 Å². The summed E-state index contributed by atoms with van der Waals surface area (Å²) in [6.07, 6.45) is 6.08. The fourth-order valence-electron chi connectivity index (χ4n) is 3.72. The van der Waals surface area contributed by atoms with E-state index in [9.17, 15) is 10.1 Å². The molecule has 0 saturated heterocycles. The molecule has 2 bridgehead atoms. The summed E-state index contributed by atoms with van der Waals surface area (Å²) in [5.41, 5.74) is 0.978. The van der Waals surface area contributed by atoms with Crippen molar-refractivity contribution in [2.24, 2.45) is 11.8 Å². The van der Waals surface area contributed by atoms with Crippen molar-refractivity contribution >= 4 is 11.4 Å². The average molecular weight is 290 g/mol. The van der Waals surface area contributed by atoms with Gasteiger partial charge in [-0.15, -0.1) is 0 Å². The Bertz CT molecular complexity index is 532. The zero-order valence-corrected chi connectivity index (χ0v) is 12.4. The molecule has 3 atom stereocenters. The molecule has 3 unspecified atom stereocenters. The lowest BCUT2D eigenvalue weighted by Crippen LogP contribution is -2.25. The number of anilines is 1. The first kappa shape index (κ1) is 14.2. The zero-order chi connectivity index (χ0) is 14.8. The van der Waals surface area contributed by atoms with Crippen molar-refractivity contribution in [3.05, 3.63) is 28.3 Å². The molecule has 2 aliphatic rings. The number of benzene rings is 1. The second kappa shape index (κ2) is 5.92. The first-order chi connectivity index (χ1) is 10.2. The Morgan fingerprint density at radius 3 is 2.86 bits per heavy atom. The molecule has 0 radical (unpaired) electrons. The van der Waals surface area contributed by atoms with Gasteiger partial charge in [-0.05, 0) is 43.6 Å². The molecule has 5 nitrogen and oxygen atoms in total. The van der Waals surface area contributed by atoms with Gasteiger partial charge < -0.3 is 10.1 Å². The third kappa shape index (κ3) is 2.96. The van der Waals surface area contributed by atoms with E-state index >= 15 is 0 Å². The van der Waals surface area contributed by atoms with Crippen LogP contribution < -0.4 is 10.1 Å². The maximum absolute atomic E-state index is 11.1. The van der Waals surface area contributed by atoms with Gasteiger partial charge in [0.05, 0.1) is 11.5 Å². The summed E-state index contributed by atoms with van der Waals surface area (Å²) in [6.45, 7) is 2.49. The fourth-order valence-corrected chi connectivity index (χ4v) is 3.72. The van der Waals surface area contributed by atoms with E-state index in [1.807, 2.05) is 6.92 Å². The van der Waals surface area contributed by atoms with Crippen molar-refractivity contribution in [2.45, 2.75) is 45.1 Å². The molecular formula is C16H22N2O3. The zero-order valence-electron chi connectivity index (χ0n) is 12.4. The third-order valence-corrected chi connectivity index (χ3v) is 4.71. The number of rotatable bonds is 6. The van der Waals surface area contributed by atoms with E-state index in [-0.39, 0.29) is 10.6 Å². The van der Waals surface area contributed by atoms with E-state index in [1.165, 1.54) is 25.7 Å². The molecule has 0 aliphatic heterocycles. The number of nitrogens with one attached hydrogen (secondary N) is 1. The van der Waals surface area contributed by atoms with E-state index in [4.69, 9.17) is 4.74 Å². The first-order valence-electron chi connectivity index (χ1n) is 7.85. The number of hydrogen-bond donors (Lipinski definition) is 1. The molecule has 1 aromatic rings. The molecule has 3 rings (SSSR count). The maximum atomic E-state index is 11.1. The van der Waals surface area contributed by atoms with Crippen LogP contribution in [-0.2, 0) is 0 Å². The Hall–Kier alpha value is -1.78. The minimum atomic E-state index is -0.383. The minimum absolute atomic E-state index is 0.0435. The molecule has 2 aliphatic carbocycles. The number of nitro benzene ring substituents is 1. The molecule has 0 spiro atoms. The topological polar surface area (TPSA) is 64.4 Å². The van der Waals surface area contributed by atoms with E-state index in [1.54, 1.807) is 18.2 Å². The van der Waals surface area contributed by atoms with Crippen LogP contribution in [-0.4, -0.2) is 17.6 Å². The Balaban J connectivity index is 1.74. The van der Waals surface area contributed by atoms with Crippen LogP contribution in [0.5, 0.6) is 5.75 Å². The van der Waals surface area contributed by atoms with Crippen LogP contribution in [0.3, 0.4) is 0 Å². The lowest BCUT2D eigenvalue weighted by atomic mass is 9.95. The van der Waals surface area contributed by atoms with Crippen molar-refractivity contribution in [1.82, 2.24) is 0 Å². The van der Waals surface area contributed by atoms with Gasteiger partial charge in [0.2, 0.25) is 0 Å². The SMILES string of the molecule is CCCOc1cc(NC2CC3CCC2C3)ccc1[N+](=O)[O-]. The molecule has 1 N–H and O–H groups in total. The first-order valence-corrected chi connectivity index (χ1v) is 7.85. The minimum Gasteiger partial charge on any atom is -0.487 e. The number of nitro groups is 1. The standard InChI is InChI=1S/C16H22N2O3/c1-2-7-21-16-10-13(5-6-15(16)18(19)20)17-14-9-11-3-4-12(14)8-11/h5-6,10-12,14,17H,2-4,7-9H2,1H3. The number of nitrogens with zero attached hydrogens (tertiary/aromatic N) is 1. The number of fused-ring (bicyclic) bond motifs is 2. The van der Waals surface area contributed by atoms with E-state index in [0.717, 1.165) is 23.9 Å². The summed E-state index contributed by atoms with van der Waals surface area (Å²) in [5.74, 6) is 2.02. The highest BCUT2D eigenvalue weighted by molar-refractivity contribution is 5.58. The monoisotopic (exact) mass is 290 g/mol. The summed E-state index contributed by atoms with van der Waals surface area (Å²) in [6, 6.07) is 5.63. The maximum Gasteiger partial charge on any atom is 0.311 e. The van der Waals surface area contributed by atoms with Gasteiger partial charge in [-0.3, -0.25) is 10.1 Å². The van der Waals surface area contributed by atoms with Gasteiger partial charge in [-0.2, -0.15) is 0 Å². The second-order valence-electron chi connectivity index (χ2n) is 6.21. The van der Waals surface area contributed by atoms with Gasteiger partial charge in [0.1, 0.15) is 0 Å². The van der Waals surface area contributed by atoms with Gasteiger partial charge >= 0.3 is 5.69 Å². The quantitative estimate of drug-likeness (QED) is 0.635. The van der Waals surface area contributed by atoms with E-state index < -0.39 is 0 Å². The molecule has 0 amide bonds. The van der Waals surface area contributed by atoms with Crippen LogP contribution in [0, 0.1) is 22.0 Å². The average Bonchev–Trinajstić information content (AvgIpc) is 3.07. The van der Waals surface area contributed by atoms with E-state index in [2.05, 4.69) is 5.32 Å². The van der Waals surface area contributed by atoms with Crippen molar-refractivity contribution in [2.75, 3.05) is 11.9 Å². The summed E-state index contributed by atoms with van der Waals surface area (Å²) < 4.78 is 5.53. The normalized spacial score (nSPS) is 26.8. The Labute approximate surface area is 124 Å². The highest BCUT2D eigenvalue weighted by Gasteiger charge is 2.39. The lowest BCUT2D eigenvalue weighted by Gasteiger charge is -2.24. The van der Waals surface area contributed by atoms with Crippen molar-refractivity contribution < 1.29 is 9.66 Å². The molecule has 1 aromatic carbocycles. The Morgan fingerprint density at radius 2 is 2.24 bits per heavy atom. The van der Waals surface area contributed by atoms with Crippen LogP contribution >= 0.6 is 0 Å². The van der Waals surface area contributed by atoms with Crippen molar-refractivity contribution in [3.8, 4) is 5.75 Å². The van der Waals surface area contributed by atoms with Gasteiger partial charge in [0.15, 0.2) is 5.75 Å². The van der Waals surface area contributed by atoms with E-state index in [0.29, 0.717) is 18.4 Å². The number of ether oxygens (including phenoxy) is 1. The van der Waals surface area contributed by atoms with Crippen LogP contribution in [0.15, 0.2) is 18.2 Å². The molecule has 114 valence electrons. The number of hydrogen-bond acceptors (Lipinski definition) is 4. The van der Waals surface area contributed by atoms with Crippen LogP contribution in [0.1, 0.15) is 39.0 Å². The summed E-state index contributed by atoms with van der Waals surface area (Å²) in [7, 11) is 0. The van der Waals surface area contributed by atoms with Gasteiger partial charge in [0.25, 0.3) is 0 Å². The lowest BCUT2D eigenvalue weighted by molar-refractivity contribution is -0.385. The third-order valence-electron chi connectivity index (χ3n) is 4.71. The molecule has 5 heteroatoms. The Kier molecular flexibility index (Phi) is 3.99. The highest BCUT2D eigenvalue weighted by Crippen LogP contribution is 2.45. The van der Waals surface area contributed by atoms with Crippen molar-refractivity contribution in [1.29, 1.82) is 0 Å². The van der Waals surface area contributed by atoms with Crippen LogP contribution in [0.2, 0.25) is 0 Å². The summed E-state index contributed by atoms with van der Waals surface area (Å²) in [4.78, 5) is 10.7. The molecule has 0 aromatic heterocycles. The molecule has 2 saturated carbocycles. The summed E-state index contributed by atoms with van der Waals surface area (Å²) >= 11 is 0. The predicted molar refractivity (Wildman–Crippen MR) is 81.7 cm³/mol. The van der Waals surface area contributed by atoms with Crippen LogP contribution in [0.4, 0.5) is 11.4 Å². The molecule has 0 heterocycles. The molecule has 2 fully saturated rings. The van der Waals surface area contributed by atoms with Gasteiger partial charge in [0, 0.05) is 23.9 Å². The fraction of sp³-hybridized carbons (Fsp3) is 0.625.